The van der Waals surface area contributed by atoms with Gasteiger partial charge in [-0.1, -0.05) is 12.1 Å². The quantitative estimate of drug-likeness (QED) is 0.350. The van der Waals surface area contributed by atoms with Gasteiger partial charge in [0.15, 0.2) is 5.78 Å². The molecule has 0 aliphatic heterocycles. The molecule has 0 bridgehead atoms. The Morgan fingerprint density at radius 3 is 2.10 bits per heavy atom. The number of hydrogen-bond donors (Lipinski definition) is 2. The molecule has 0 fully saturated rings. The molecule has 1 heterocycles. The molecular formula is C24H21KNO5+. The minimum atomic E-state index is -0.0917. The first-order valence-corrected chi connectivity index (χ1v) is 9.36. The van der Waals surface area contributed by atoms with E-state index in [2.05, 4.69) is 0 Å². The first kappa shape index (κ1) is 23.4. The molecule has 0 unspecified atom stereocenters. The Morgan fingerprint density at radius 1 is 0.903 bits per heavy atom. The van der Waals surface area contributed by atoms with Gasteiger partial charge in [-0.05, 0) is 42.0 Å². The minimum absolute atomic E-state index is 0. The van der Waals surface area contributed by atoms with Gasteiger partial charge < -0.3 is 24.3 Å². The van der Waals surface area contributed by atoms with Gasteiger partial charge in [0.25, 0.3) is 0 Å². The molecule has 4 rings (SSSR count). The van der Waals surface area contributed by atoms with Crippen LogP contribution in [0.1, 0.15) is 10.4 Å². The first-order chi connectivity index (χ1) is 14.5. The third kappa shape index (κ3) is 4.81. The average molecular weight is 443 g/mol. The summed E-state index contributed by atoms with van der Waals surface area (Å²) in [5.41, 5.74) is 3.07. The standard InChI is InChI=1S/C24H21NO5.K/c1-29-19-11-21-24(23(12-19)30-2)20(15-3-7-17(26)8-4-15)13-25(21)14-22(28)16-5-9-18(27)10-6-16;/h3-13,26-27H,14H2,1-2H3;/q;+1. The summed E-state index contributed by atoms with van der Waals surface area (Å²) in [4.78, 5) is 12.9. The van der Waals surface area contributed by atoms with E-state index in [1.165, 1.54) is 12.1 Å². The molecule has 0 saturated carbocycles. The van der Waals surface area contributed by atoms with Gasteiger partial charge in [0.1, 0.15) is 23.0 Å². The van der Waals surface area contributed by atoms with Crippen molar-refractivity contribution in [3.05, 3.63) is 72.4 Å². The number of ether oxygens (including phenoxy) is 2. The number of carbonyl (C=O) groups excluding carboxylic acids is 1. The summed E-state index contributed by atoms with van der Waals surface area (Å²) in [7, 11) is 3.17. The number of nitrogens with zero attached hydrogens (tertiary/aromatic N) is 1. The number of benzene rings is 3. The first-order valence-electron chi connectivity index (χ1n) is 9.36. The molecule has 3 aromatic carbocycles. The van der Waals surface area contributed by atoms with Gasteiger partial charge in [-0.15, -0.1) is 0 Å². The van der Waals surface area contributed by atoms with E-state index < -0.39 is 0 Å². The molecular weight excluding hydrogens is 421 g/mol. The van der Waals surface area contributed by atoms with Crippen molar-refractivity contribution < 1.29 is 75.9 Å². The predicted molar refractivity (Wildman–Crippen MR) is 115 cm³/mol. The Morgan fingerprint density at radius 2 is 1.52 bits per heavy atom. The number of Topliss-reactive ketones (excluding diaryl/α,β-unsaturated/α-hetero) is 1. The number of phenolic OH excluding ortho intramolecular Hbond substituents is 2. The smallest absolute Gasteiger partial charge is 0.508 e. The fourth-order valence-electron chi connectivity index (χ4n) is 3.53. The van der Waals surface area contributed by atoms with Crippen LogP contribution in [-0.2, 0) is 6.54 Å². The molecule has 4 aromatic rings. The number of rotatable bonds is 6. The zero-order chi connectivity index (χ0) is 21.3. The molecule has 31 heavy (non-hydrogen) atoms. The molecule has 6 nitrogen and oxygen atoms in total. The van der Waals surface area contributed by atoms with Crippen LogP contribution in [0.2, 0.25) is 0 Å². The second kappa shape index (κ2) is 9.89. The Balaban J connectivity index is 0.00000272. The average Bonchev–Trinajstić information content (AvgIpc) is 3.12. The van der Waals surface area contributed by atoms with Crippen LogP contribution in [0, 0.1) is 0 Å². The van der Waals surface area contributed by atoms with Crippen molar-refractivity contribution in [2.24, 2.45) is 0 Å². The van der Waals surface area contributed by atoms with Crippen LogP contribution in [0.4, 0.5) is 0 Å². The number of carbonyl (C=O) groups is 1. The number of hydrogen-bond acceptors (Lipinski definition) is 5. The van der Waals surface area contributed by atoms with Gasteiger partial charge in [-0.2, -0.15) is 0 Å². The maximum atomic E-state index is 12.9. The van der Waals surface area contributed by atoms with Crippen LogP contribution in [0.5, 0.6) is 23.0 Å². The predicted octanol–water partition coefficient (Wildman–Crippen LogP) is 1.62. The SMILES string of the molecule is COc1cc(OC)c2c(-c3ccc(O)cc3)cn(CC(=O)c3ccc(O)cc3)c2c1.[K+]. The van der Waals surface area contributed by atoms with E-state index >= 15 is 0 Å². The summed E-state index contributed by atoms with van der Waals surface area (Å²) in [6, 6.07) is 16.7. The summed E-state index contributed by atoms with van der Waals surface area (Å²) >= 11 is 0. The van der Waals surface area contributed by atoms with Crippen LogP contribution in [0.25, 0.3) is 22.0 Å². The summed E-state index contributed by atoms with van der Waals surface area (Å²) in [6.45, 7) is 0.107. The van der Waals surface area contributed by atoms with Crippen LogP contribution in [-0.4, -0.2) is 34.8 Å². The summed E-state index contributed by atoms with van der Waals surface area (Å²) in [5, 5.41) is 20.0. The molecule has 0 saturated heterocycles. The Kier molecular flexibility index (Phi) is 7.45. The molecule has 152 valence electrons. The maximum absolute atomic E-state index is 12.9. The van der Waals surface area contributed by atoms with E-state index in [1.807, 2.05) is 29.0 Å². The molecule has 0 amide bonds. The van der Waals surface area contributed by atoms with Gasteiger partial charge in [0, 0.05) is 34.8 Å². The molecule has 0 spiro atoms. The van der Waals surface area contributed by atoms with Gasteiger partial charge in [0.05, 0.1) is 26.3 Å². The number of methoxy groups -OCH3 is 2. The fraction of sp³-hybridized carbons (Fsp3) is 0.125. The largest absolute Gasteiger partial charge is 1.00 e. The number of phenols is 2. The second-order valence-corrected chi connectivity index (χ2v) is 6.91. The third-order valence-corrected chi connectivity index (χ3v) is 5.06. The molecule has 0 aliphatic rings. The van der Waals surface area contributed by atoms with Crippen molar-refractivity contribution in [3.8, 4) is 34.1 Å². The van der Waals surface area contributed by atoms with E-state index in [4.69, 9.17) is 9.47 Å². The van der Waals surface area contributed by atoms with E-state index in [9.17, 15) is 15.0 Å². The number of ketones is 1. The zero-order valence-corrected chi connectivity index (χ0v) is 20.7. The summed E-state index contributed by atoms with van der Waals surface area (Å²) < 4.78 is 12.9. The molecule has 2 N–H and O–H groups in total. The summed E-state index contributed by atoms with van der Waals surface area (Å²) in [5.74, 6) is 1.45. The molecule has 1 aromatic heterocycles. The molecule has 7 heteroatoms. The van der Waals surface area contributed by atoms with Crippen molar-refractivity contribution in [2.45, 2.75) is 6.54 Å². The van der Waals surface area contributed by atoms with Gasteiger partial charge >= 0.3 is 51.4 Å². The number of aromatic hydroxyl groups is 2. The van der Waals surface area contributed by atoms with E-state index in [0.29, 0.717) is 17.1 Å². The van der Waals surface area contributed by atoms with Crippen molar-refractivity contribution in [1.82, 2.24) is 4.57 Å². The van der Waals surface area contributed by atoms with Crippen LogP contribution in [0.15, 0.2) is 66.9 Å². The van der Waals surface area contributed by atoms with E-state index in [1.54, 1.807) is 44.6 Å². The van der Waals surface area contributed by atoms with E-state index in [-0.39, 0.29) is 75.2 Å². The molecule has 0 aliphatic carbocycles. The topological polar surface area (TPSA) is 80.9 Å². The maximum Gasteiger partial charge on any atom is 1.00 e. The van der Waals surface area contributed by atoms with Gasteiger partial charge in [-0.3, -0.25) is 4.79 Å². The van der Waals surface area contributed by atoms with Crippen molar-refractivity contribution in [3.63, 3.8) is 0 Å². The van der Waals surface area contributed by atoms with Crippen LogP contribution in [0.3, 0.4) is 0 Å². The normalized spacial score (nSPS) is 10.5. The number of fused-ring (bicyclic) bond motifs is 1. The summed E-state index contributed by atoms with van der Waals surface area (Å²) in [6.07, 6.45) is 1.90. The Hall–Kier alpha value is -2.29. The Bertz CT molecular complexity index is 1210. The zero-order valence-electron chi connectivity index (χ0n) is 17.6. The minimum Gasteiger partial charge on any atom is -0.508 e. The van der Waals surface area contributed by atoms with Crippen molar-refractivity contribution in [2.75, 3.05) is 14.2 Å². The third-order valence-electron chi connectivity index (χ3n) is 5.06. The van der Waals surface area contributed by atoms with Crippen LogP contribution >= 0.6 is 0 Å². The van der Waals surface area contributed by atoms with Gasteiger partial charge in [0.2, 0.25) is 0 Å². The fourth-order valence-corrected chi connectivity index (χ4v) is 3.53. The van der Waals surface area contributed by atoms with Crippen molar-refractivity contribution in [1.29, 1.82) is 0 Å². The number of aromatic nitrogens is 1. The van der Waals surface area contributed by atoms with Gasteiger partial charge in [-0.25, -0.2) is 0 Å². The van der Waals surface area contributed by atoms with Crippen molar-refractivity contribution >= 4 is 16.7 Å². The molecule has 0 atom stereocenters. The second-order valence-electron chi connectivity index (χ2n) is 6.91. The molecule has 0 radical (unpaired) electrons. The van der Waals surface area contributed by atoms with E-state index in [0.717, 1.165) is 22.0 Å². The monoisotopic (exact) mass is 442 g/mol. The van der Waals surface area contributed by atoms with Crippen LogP contribution < -0.4 is 60.9 Å². The Labute approximate surface area is 222 Å².